The van der Waals surface area contributed by atoms with Crippen molar-refractivity contribution in [1.29, 1.82) is 0 Å². The van der Waals surface area contributed by atoms with Crippen molar-refractivity contribution < 1.29 is 19.1 Å². The third kappa shape index (κ3) is 3.06. The Bertz CT molecular complexity index is 762. The van der Waals surface area contributed by atoms with Crippen LogP contribution in [0.4, 0.5) is 0 Å². The van der Waals surface area contributed by atoms with Gasteiger partial charge in [0.15, 0.2) is 0 Å². The monoisotopic (exact) mass is 343 g/mol. The number of thiophene rings is 1. The lowest BCUT2D eigenvalue weighted by atomic mass is 9.94. The number of furan rings is 1. The lowest BCUT2D eigenvalue weighted by Crippen LogP contribution is -2.41. The number of benzene rings is 1. The summed E-state index contributed by atoms with van der Waals surface area (Å²) in [6.07, 6.45) is 2.98. The molecule has 2 N–H and O–H groups in total. The van der Waals surface area contributed by atoms with Crippen molar-refractivity contribution in [3.8, 4) is 5.75 Å². The van der Waals surface area contributed by atoms with Gasteiger partial charge in [0.1, 0.15) is 11.4 Å². The van der Waals surface area contributed by atoms with Gasteiger partial charge in [0.2, 0.25) is 0 Å². The molecule has 0 bridgehead atoms. The average molecular weight is 343 g/mol. The highest BCUT2D eigenvalue weighted by atomic mass is 32.1. The van der Waals surface area contributed by atoms with Gasteiger partial charge in [-0.3, -0.25) is 4.79 Å². The molecule has 6 heteroatoms. The number of ether oxygens (including phenoxy) is 1. The Morgan fingerprint density at radius 1 is 1.29 bits per heavy atom. The van der Waals surface area contributed by atoms with Gasteiger partial charge in [-0.2, -0.15) is 0 Å². The van der Waals surface area contributed by atoms with E-state index in [-0.39, 0.29) is 12.5 Å². The molecule has 0 aliphatic rings. The summed E-state index contributed by atoms with van der Waals surface area (Å²) in [4.78, 5) is 13.2. The van der Waals surface area contributed by atoms with E-state index in [1.54, 1.807) is 30.3 Å². The highest BCUT2D eigenvalue weighted by Crippen LogP contribution is 2.32. The molecule has 24 heavy (non-hydrogen) atoms. The third-order valence-corrected chi connectivity index (χ3v) is 4.80. The van der Waals surface area contributed by atoms with Gasteiger partial charge < -0.3 is 19.6 Å². The number of aliphatic hydroxyl groups is 1. The number of hydrogen-bond acceptors (Lipinski definition) is 5. The van der Waals surface area contributed by atoms with Crippen LogP contribution in [-0.2, 0) is 5.60 Å². The number of nitrogens with one attached hydrogen (secondary N) is 1. The second-order valence-corrected chi connectivity index (χ2v) is 6.18. The number of para-hydroxylation sites is 1. The quantitative estimate of drug-likeness (QED) is 0.722. The molecule has 3 rings (SSSR count). The topological polar surface area (TPSA) is 71.7 Å². The number of methoxy groups -OCH3 is 1. The zero-order chi connectivity index (χ0) is 17.0. The van der Waals surface area contributed by atoms with Crippen LogP contribution in [0.3, 0.4) is 0 Å². The van der Waals surface area contributed by atoms with E-state index < -0.39 is 5.60 Å². The van der Waals surface area contributed by atoms with Crippen molar-refractivity contribution in [2.75, 3.05) is 13.7 Å². The van der Waals surface area contributed by atoms with Gasteiger partial charge in [-0.15, -0.1) is 11.3 Å². The minimum Gasteiger partial charge on any atom is -0.496 e. The van der Waals surface area contributed by atoms with Gasteiger partial charge >= 0.3 is 0 Å². The number of hydrogen-bond donors (Lipinski definition) is 2. The van der Waals surface area contributed by atoms with Crippen LogP contribution >= 0.6 is 11.3 Å². The van der Waals surface area contributed by atoms with E-state index in [1.165, 1.54) is 31.0 Å². The van der Waals surface area contributed by atoms with E-state index in [1.807, 2.05) is 17.5 Å². The van der Waals surface area contributed by atoms with Crippen molar-refractivity contribution in [1.82, 2.24) is 5.32 Å². The molecule has 1 atom stereocenters. The fourth-order valence-electron chi connectivity index (χ4n) is 2.48. The average Bonchev–Trinajstić information content (AvgIpc) is 3.33. The summed E-state index contributed by atoms with van der Waals surface area (Å²) < 4.78 is 10.3. The number of rotatable bonds is 6. The summed E-state index contributed by atoms with van der Waals surface area (Å²) in [5.74, 6) is 0.170. The summed E-state index contributed by atoms with van der Waals surface area (Å²) in [5, 5.41) is 15.8. The summed E-state index contributed by atoms with van der Waals surface area (Å²) in [7, 11) is 1.51. The lowest BCUT2D eigenvalue weighted by Gasteiger charge is -2.26. The standard InChI is InChI=1S/C18H17NO4S/c1-22-15-6-3-2-5-14(15)17(20)19-12-18(21,13-8-9-23-11-13)16-7-4-10-24-16/h2-11,21H,12H2,1H3,(H,19,20)/t18-/m0/s1. The molecule has 0 aliphatic carbocycles. The minimum atomic E-state index is -1.35. The van der Waals surface area contributed by atoms with E-state index in [4.69, 9.17) is 9.15 Å². The molecule has 0 aliphatic heterocycles. The number of amides is 1. The molecule has 5 nitrogen and oxygen atoms in total. The Morgan fingerprint density at radius 2 is 2.12 bits per heavy atom. The largest absolute Gasteiger partial charge is 0.496 e. The van der Waals surface area contributed by atoms with Gasteiger partial charge in [-0.05, 0) is 29.6 Å². The van der Waals surface area contributed by atoms with Gasteiger partial charge in [-0.25, -0.2) is 0 Å². The van der Waals surface area contributed by atoms with Crippen LogP contribution < -0.4 is 10.1 Å². The van der Waals surface area contributed by atoms with Crippen molar-refractivity contribution in [3.05, 3.63) is 76.4 Å². The molecule has 0 saturated heterocycles. The smallest absolute Gasteiger partial charge is 0.255 e. The van der Waals surface area contributed by atoms with Crippen LogP contribution in [0, 0.1) is 0 Å². The molecule has 0 saturated carbocycles. The van der Waals surface area contributed by atoms with Crippen molar-refractivity contribution in [2.24, 2.45) is 0 Å². The summed E-state index contributed by atoms with van der Waals surface area (Å²) in [6, 6.07) is 12.3. The lowest BCUT2D eigenvalue weighted by molar-refractivity contribution is 0.0712. The summed E-state index contributed by atoms with van der Waals surface area (Å²) in [5.41, 5.74) is -0.343. The number of carbonyl (C=O) groups is 1. The van der Waals surface area contributed by atoms with E-state index in [9.17, 15) is 9.90 Å². The molecular formula is C18H17NO4S. The molecule has 1 aromatic carbocycles. The van der Waals surface area contributed by atoms with Crippen molar-refractivity contribution in [3.63, 3.8) is 0 Å². The van der Waals surface area contributed by atoms with Crippen LogP contribution in [0.1, 0.15) is 20.8 Å². The predicted molar refractivity (Wildman–Crippen MR) is 91.4 cm³/mol. The fourth-order valence-corrected chi connectivity index (χ4v) is 3.33. The van der Waals surface area contributed by atoms with E-state index in [2.05, 4.69) is 5.32 Å². The minimum absolute atomic E-state index is 0.0178. The van der Waals surface area contributed by atoms with E-state index in [0.29, 0.717) is 16.9 Å². The highest BCUT2D eigenvalue weighted by molar-refractivity contribution is 7.10. The zero-order valence-corrected chi connectivity index (χ0v) is 13.9. The highest BCUT2D eigenvalue weighted by Gasteiger charge is 2.34. The first-order valence-electron chi connectivity index (χ1n) is 7.35. The van der Waals surface area contributed by atoms with Crippen LogP contribution in [0.2, 0.25) is 0 Å². The SMILES string of the molecule is COc1ccccc1C(=O)NC[C@](O)(c1ccoc1)c1cccs1. The maximum Gasteiger partial charge on any atom is 0.255 e. The zero-order valence-electron chi connectivity index (χ0n) is 13.1. The molecule has 0 fully saturated rings. The molecule has 2 aromatic heterocycles. The van der Waals surface area contributed by atoms with E-state index >= 15 is 0 Å². The fraction of sp³-hybridized carbons (Fsp3) is 0.167. The van der Waals surface area contributed by atoms with Crippen LogP contribution in [0.25, 0.3) is 0 Å². The molecule has 124 valence electrons. The second-order valence-electron chi connectivity index (χ2n) is 5.23. The molecule has 0 spiro atoms. The molecule has 2 heterocycles. The first-order valence-corrected chi connectivity index (χ1v) is 8.23. The van der Waals surface area contributed by atoms with Gasteiger partial charge in [0, 0.05) is 10.4 Å². The van der Waals surface area contributed by atoms with Crippen LogP contribution in [0.5, 0.6) is 5.75 Å². The molecule has 0 radical (unpaired) electrons. The van der Waals surface area contributed by atoms with Crippen molar-refractivity contribution in [2.45, 2.75) is 5.60 Å². The maximum absolute atomic E-state index is 12.5. The Kier molecular flexibility index (Phi) is 4.69. The Labute approximate surface area is 143 Å². The first-order chi connectivity index (χ1) is 11.6. The molecule has 1 amide bonds. The Balaban J connectivity index is 1.83. The molecule has 0 unspecified atom stereocenters. The van der Waals surface area contributed by atoms with Crippen LogP contribution in [-0.4, -0.2) is 24.7 Å². The molecular weight excluding hydrogens is 326 g/mol. The predicted octanol–water partition coefficient (Wildman–Crippen LogP) is 3.02. The molecule has 3 aromatic rings. The summed E-state index contributed by atoms with van der Waals surface area (Å²) in [6.45, 7) is 0.0178. The second kappa shape index (κ2) is 6.90. The third-order valence-electron chi connectivity index (χ3n) is 3.78. The van der Waals surface area contributed by atoms with Crippen molar-refractivity contribution >= 4 is 17.2 Å². The van der Waals surface area contributed by atoms with E-state index in [0.717, 1.165) is 4.88 Å². The maximum atomic E-state index is 12.5. The normalized spacial score (nSPS) is 13.2. The number of carbonyl (C=O) groups excluding carboxylic acids is 1. The Hall–Kier alpha value is -2.57. The Morgan fingerprint density at radius 3 is 2.79 bits per heavy atom. The van der Waals surface area contributed by atoms with Gasteiger partial charge in [-0.1, -0.05) is 18.2 Å². The summed E-state index contributed by atoms with van der Waals surface area (Å²) >= 11 is 1.42. The first kappa shape index (κ1) is 16.3. The van der Waals surface area contributed by atoms with Gasteiger partial charge in [0.05, 0.1) is 31.7 Å². The van der Waals surface area contributed by atoms with Gasteiger partial charge in [0.25, 0.3) is 5.91 Å². The van der Waals surface area contributed by atoms with Crippen LogP contribution in [0.15, 0.2) is 64.8 Å².